The second kappa shape index (κ2) is 7.36. The molecule has 6 heteroatoms. The largest absolute Gasteiger partial charge is 0.352 e. The summed E-state index contributed by atoms with van der Waals surface area (Å²) in [6.07, 6.45) is 6.22. The van der Waals surface area contributed by atoms with Gasteiger partial charge in [-0.2, -0.15) is 0 Å². The highest BCUT2D eigenvalue weighted by atomic mass is 16.2. The number of piperidine rings is 1. The van der Waals surface area contributed by atoms with Crippen LogP contribution in [0.25, 0.3) is 0 Å². The Kier molecular flexibility index (Phi) is 5.50. The number of anilines is 1. The molecule has 1 aromatic heterocycles. The molecule has 21 heavy (non-hydrogen) atoms. The molecule has 1 saturated heterocycles. The topological polar surface area (TPSA) is 84.1 Å². The van der Waals surface area contributed by atoms with Gasteiger partial charge in [0.15, 0.2) is 0 Å². The van der Waals surface area contributed by atoms with Crippen LogP contribution in [0.15, 0.2) is 18.5 Å². The molecule has 1 amide bonds. The standard InChI is InChI=1S/C15H25N5O/c1-3-11(2)13(16)14(21)19-12-5-9-20(10-6-12)15-17-7-4-8-18-15/h4,7-8,11-13H,3,5-6,9-10,16H2,1-2H3,(H,19,21)/t11?,13-/m0/s1. The summed E-state index contributed by atoms with van der Waals surface area (Å²) >= 11 is 0. The van der Waals surface area contributed by atoms with Crippen molar-refractivity contribution in [3.8, 4) is 0 Å². The lowest BCUT2D eigenvalue weighted by Crippen LogP contribution is -2.51. The second-order valence-electron chi connectivity index (χ2n) is 5.73. The molecule has 0 saturated carbocycles. The molecule has 2 rings (SSSR count). The van der Waals surface area contributed by atoms with Crippen LogP contribution >= 0.6 is 0 Å². The van der Waals surface area contributed by atoms with E-state index in [1.165, 1.54) is 0 Å². The van der Waals surface area contributed by atoms with E-state index in [2.05, 4.69) is 27.1 Å². The van der Waals surface area contributed by atoms with Crippen LogP contribution in [0.4, 0.5) is 5.95 Å². The molecule has 2 heterocycles. The molecule has 1 aromatic rings. The first-order valence-electron chi connectivity index (χ1n) is 7.69. The molecule has 0 aliphatic carbocycles. The predicted octanol–water partition coefficient (Wildman–Crippen LogP) is 0.935. The van der Waals surface area contributed by atoms with Crippen LogP contribution in [0.3, 0.4) is 0 Å². The number of rotatable bonds is 5. The van der Waals surface area contributed by atoms with Gasteiger partial charge in [-0.25, -0.2) is 9.97 Å². The first-order valence-corrected chi connectivity index (χ1v) is 7.69. The number of carbonyl (C=O) groups excluding carboxylic acids is 1. The average molecular weight is 291 g/mol. The summed E-state index contributed by atoms with van der Waals surface area (Å²) in [7, 11) is 0. The van der Waals surface area contributed by atoms with Gasteiger partial charge in [0.05, 0.1) is 6.04 Å². The number of carbonyl (C=O) groups is 1. The monoisotopic (exact) mass is 291 g/mol. The van der Waals surface area contributed by atoms with Gasteiger partial charge in [0.2, 0.25) is 11.9 Å². The van der Waals surface area contributed by atoms with E-state index >= 15 is 0 Å². The second-order valence-corrected chi connectivity index (χ2v) is 5.73. The quantitative estimate of drug-likeness (QED) is 0.843. The van der Waals surface area contributed by atoms with Crippen LogP contribution in [0, 0.1) is 5.92 Å². The SMILES string of the molecule is CCC(C)[C@H](N)C(=O)NC1CCN(c2ncccn2)CC1. The highest BCUT2D eigenvalue weighted by molar-refractivity contribution is 5.82. The molecule has 0 radical (unpaired) electrons. The summed E-state index contributed by atoms with van der Waals surface area (Å²) in [6.45, 7) is 5.77. The summed E-state index contributed by atoms with van der Waals surface area (Å²) < 4.78 is 0. The van der Waals surface area contributed by atoms with E-state index in [9.17, 15) is 4.79 Å². The third-order valence-corrected chi connectivity index (χ3v) is 4.24. The number of hydrogen-bond acceptors (Lipinski definition) is 5. The maximum absolute atomic E-state index is 12.1. The molecule has 0 spiro atoms. The number of nitrogens with one attached hydrogen (secondary N) is 1. The van der Waals surface area contributed by atoms with E-state index in [4.69, 9.17) is 5.73 Å². The van der Waals surface area contributed by atoms with Gasteiger partial charge < -0.3 is 16.0 Å². The van der Waals surface area contributed by atoms with Crippen molar-refractivity contribution in [2.45, 2.75) is 45.2 Å². The summed E-state index contributed by atoms with van der Waals surface area (Å²) in [5.41, 5.74) is 5.96. The lowest BCUT2D eigenvalue weighted by molar-refractivity contribution is -0.124. The van der Waals surface area contributed by atoms with Crippen molar-refractivity contribution in [1.82, 2.24) is 15.3 Å². The van der Waals surface area contributed by atoms with Gasteiger partial charge in [0.1, 0.15) is 0 Å². The van der Waals surface area contributed by atoms with Gasteiger partial charge in [-0.3, -0.25) is 4.79 Å². The molecule has 116 valence electrons. The Labute approximate surface area is 126 Å². The molecule has 0 aromatic carbocycles. The van der Waals surface area contributed by atoms with E-state index in [0.29, 0.717) is 0 Å². The summed E-state index contributed by atoms with van der Waals surface area (Å²) in [5.74, 6) is 0.945. The van der Waals surface area contributed by atoms with Gasteiger partial charge in [-0.05, 0) is 24.8 Å². The van der Waals surface area contributed by atoms with Crippen LogP contribution in [0.1, 0.15) is 33.1 Å². The Morgan fingerprint density at radius 3 is 2.62 bits per heavy atom. The molecule has 1 unspecified atom stereocenters. The van der Waals surface area contributed by atoms with Crippen molar-refractivity contribution in [1.29, 1.82) is 0 Å². The highest BCUT2D eigenvalue weighted by Gasteiger charge is 2.25. The average Bonchev–Trinajstić information content (AvgIpc) is 2.54. The van der Waals surface area contributed by atoms with Crippen molar-refractivity contribution in [3.63, 3.8) is 0 Å². The fraction of sp³-hybridized carbons (Fsp3) is 0.667. The van der Waals surface area contributed by atoms with Gasteiger partial charge in [0.25, 0.3) is 0 Å². The first kappa shape index (κ1) is 15.7. The van der Waals surface area contributed by atoms with E-state index in [1.807, 2.05) is 13.0 Å². The summed E-state index contributed by atoms with van der Waals surface area (Å²) in [4.78, 5) is 22.8. The first-order chi connectivity index (χ1) is 10.1. The Morgan fingerprint density at radius 1 is 1.43 bits per heavy atom. The normalized spacial score (nSPS) is 19.1. The summed E-state index contributed by atoms with van der Waals surface area (Å²) in [6, 6.07) is 1.60. The van der Waals surface area contributed by atoms with Gasteiger partial charge >= 0.3 is 0 Å². The number of nitrogens with zero attached hydrogens (tertiary/aromatic N) is 3. The van der Waals surface area contributed by atoms with Crippen molar-refractivity contribution in [2.75, 3.05) is 18.0 Å². The summed E-state index contributed by atoms with van der Waals surface area (Å²) in [5, 5.41) is 3.07. The van der Waals surface area contributed by atoms with Gasteiger partial charge in [-0.1, -0.05) is 20.3 Å². The van der Waals surface area contributed by atoms with Crippen molar-refractivity contribution < 1.29 is 4.79 Å². The fourth-order valence-electron chi connectivity index (χ4n) is 2.49. The lowest BCUT2D eigenvalue weighted by Gasteiger charge is -2.33. The zero-order chi connectivity index (χ0) is 15.2. The van der Waals surface area contributed by atoms with Crippen LogP contribution in [-0.4, -0.2) is 41.0 Å². The number of amides is 1. The van der Waals surface area contributed by atoms with E-state index in [1.54, 1.807) is 12.4 Å². The highest BCUT2D eigenvalue weighted by Crippen LogP contribution is 2.15. The molecule has 1 fully saturated rings. The maximum atomic E-state index is 12.1. The minimum absolute atomic E-state index is 0.0289. The lowest BCUT2D eigenvalue weighted by atomic mass is 9.98. The molecular weight excluding hydrogens is 266 g/mol. The van der Waals surface area contributed by atoms with Gasteiger partial charge in [-0.15, -0.1) is 0 Å². The molecule has 6 nitrogen and oxygen atoms in total. The molecule has 0 bridgehead atoms. The maximum Gasteiger partial charge on any atom is 0.237 e. The van der Waals surface area contributed by atoms with E-state index in [0.717, 1.165) is 38.3 Å². The Hall–Kier alpha value is -1.69. The predicted molar refractivity (Wildman–Crippen MR) is 82.8 cm³/mol. The van der Waals surface area contributed by atoms with Crippen LogP contribution in [0.2, 0.25) is 0 Å². The molecule has 3 N–H and O–H groups in total. The zero-order valence-electron chi connectivity index (χ0n) is 12.8. The van der Waals surface area contributed by atoms with Crippen molar-refractivity contribution >= 4 is 11.9 Å². The fourth-order valence-corrected chi connectivity index (χ4v) is 2.49. The third kappa shape index (κ3) is 4.14. The van der Waals surface area contributed by atoms with E-state index < -0.39 is 6.04 Å². The number of aromatic nitrogens is 2. The Morgan fingerprint density at radius 2 is 2.05 bits per heavy atom. The minimum atomic E-state index is -0.412. The Bertz CT molecular complexity index is 445. The smallest absolute Gasteiger partial charge is 0.237 e. The Balaban J connectivity index is 1.80. The molecule has 1 aliphatic heterocycles. The van der Waals surface area contributed by atoms with Crippen molar-refractivity contribution in [3.05, 3.63) is 18.5 Å². The molecular formula is C15H25N5O. The zero-order valence-corrected chi connectivity index (χ0v) is 12.8. The molecule has 2 atom stereocenters. The van der Waals surface area contributed by atoms with Crippen LogP contribution in [-0.2, 0) is 4.79 Å². The number of hydrogen-bond donors (Lipinski definition) is 2. The van der Waals surface area contributed by atoms with Crippen molar-refractivity contribution in [2.24, 2.45) is 11.7 Å². The minimum Gasteiger partial charge on any atom is -0.352 e. The van der Waals surface area contributed by atoms with Crippen LogP contribution in [0.5, 0.6) is 0 Å². The van der Waals surface area contributed by atoms with E-state index in [-0.39, 0.29) is 17.9 Å². The van der Waals surface area contributed by atoms with Gasteiger partial charge in [0, 0.05) is 31.5 Å². The number of nitrogens with two attached hydrogens (primary N) is 1. The van der Waals surface area contributed by atoms with Crippen LogP contribution < -0.4 is 16.0 Å². The third-order valence-electron chi connectivity index (χ3n) is 4.24. The molecule has 1 aliphatic rings.